The van der Waals surface area contributed by atoms with Gasteiger partial charge in [0.05, 0.1) is 21.4 Å². The van der Waals surface area contributed by atoms with Crippen molar-refractivity contribution >= 4 is 27.6 Å². The molecule has 2 aromatic carbocycles. The maximum absolute atomic E-state index is 13.6. The Morgan fingerprint density at radius 2 is 1.77 bits per heavy atom. The summed E-state index contributed by atoms with van der Waals surface area (Å²) in [6.45, 7) is -0.368. The number of benzene rings is 2. The summed E-state index contributed by atoms with van der Waals surface area (Å²) in [5.41, 5.74) is -1.01. The SMILES string of the molecule is O=C(OCc1ccccc1F)C1CCN(S(=O)(=O)c2ccc(Cl)c(C(F)(F)F)c2)CC1. The second-order valence-electron chi connectivity index (χ2n) is 7.02. The van der Waals surface area contributed by atoms with Crippen LogP contribution in [0.3, 0.4) is 0 Å². The third kappa shape index (κ3) is 5.36. The Morgan fingerprint density at radius 1 is 1.13 bits per heavy atom. The van der Waals surface area contributed by atoms with Gasteiger partial charge in [-0.05, 0) is 37.1 Å². The van der Waals surface area contributed by atoms with E-state index >= 15 is 0 Å². The van der Waals surface area contributed by atoms with Gasteiger partial charge in [0.25, 0.3) is 0 Å². The van der Waals surface area contributed by atoms with Gasteiger partial charge >= 0.3 is 12.1 Å². The van der Waals surface area contributed by atoms with E-state index in [1.165, 1.54) is 18.2 Å². The summed E-state index contributed by atoms with van der Waals surface area (Å²) < 4.78 is 84.4. The van der Waals surface area contributed by atoms with Crippen LogP contribution >= 0.6 is 11.6 Å². The van der Waals surface area contributed by atoms with Gasteiger partial charge < -0.3 is 4.74 Å². The lowest BCUT2D eigenvalue weighted by atomic mass is 9.98. The van der Waals surface area contributed by atoms with E-state index in [9.17, 15) is 30.8 Å². The normalized spacial score (nSPS) is 16.3. The van der Waals surface area contributed by atoms with E-state index in [1.54, 1.807) is 6.07 Å². The van der Waals surface area contributed by atoms with E-state index in [0.29, 0.717) is 6.07 Å². The van der Waals surface area contributed by atoms with Crippen molar-refractivity contribution in [3.63, 3.8) is 0 Å². The molecule has 0 N–H and O–H groups in total. The van der Waals surface area contributed by atoms with Crippen LogP contribution in [0.25, 0.3) is 0 Å². The van der Waals surface area contributed by atoms with Crippen LogP contribution < -0.4 is 0 Å². The van der Waals surface area contributed by atoms with Crippen LogP contribution in [0.5, 0.6) is 0 Å². The monoisotopic (exact) mass is 479 g/mol. The highest BCUT2D eigenvalue weighted by Gasteiger charge is 2.37. The van der Waals surface area contributed by atoms with Crippen molar-refractivity contribution in [2.45, 2.75) is 30.5 Å². The lowest BCUT2D eigenvalue weighted by Crippen LogP contribution is -2.40. The molecule has 0 radical (unpaired) electrons. The molecular weight excluding hydrogens is 462 g/mol. The predicted octanol–water partition coefficient (Wildman–Crippen LogP) is 4.64. The van der Waals surface area contributed by atoms with Gasteiger partial charge in [0.1, 0.15) is 12.4 Å². The molecule has 0 atom stereocenters. The molecule has 0 spiro atoms. The Labute approximate surface area is 181 Å². The molecule has 2 aromatic rings. The molecule has 0 amide bonds. The molecule has 1 aliphatic rings. The van der Waals surface area contributed by atoms with Gasteiger partial charge in [0.2, 0.25) is 10.0 Å². The van der Waals surface area contributed by atoms with Crippen molar-refractivity contribution in [2.75, 3.05) is 13.1 Å². The molecule has 11 heteroatoms. The largest absolute Gasteiger partial charge is 0.460 e. The van der Waals surface area contributed by atoms with Gasteiger partial charge in [-0.2, -0.15) is 17.5 Å². The van der Waals surface area contributed by atoms with E-state index in [-0.39, 0.29) is 38.1 Å². The molecule has 0 unspecified atom stereocenters. The van der Waals surface area contributed by atoms with E-state index < -0.39 is 49.4 Å². The van der Waals surface area contributed by atoms with Crippen molar-refractivity contribution < 1.29 is 35.5 Å². The Balaban J connectivity index is 1.63. The van der Waals surface area contributed by atoms with Crippen molar-refractivity contribution in [3.05, 3.63) is 64.4 Å². The third-order valence-electron chi connectivity index (χ3n) is 5.00. The molecule has 1 fully saturated rings. The zero-order valence-corrected chi connectivity index (χ0v) is 17.6. The number of nitrogens with zero attached hydrogens (tertiary/aromatic N) is 1. The summed E-state index contributed by atoms with van der Waals surface area (Å²) in [7, 11) is -4.20. The van der Waals surface area contributed by atoms with Crippen LogP contribution in [0, 0.1) is 11.7 Å². The molecule has 3 rings (SSSR count). The molecule has 0 aromatic heterocycles. The minimum Gasteiger partial charge on any atom is -0.460 e. The Kier molecular flexibility index (Phi) is 6.92. The maximum Gasteiger partial charge on any atom is 0.417 e. The van der Waals surface area contributed by atoms with Crippen LogP contribution in [0.2, 0.25) is 5.02 Å². The number of carbonyl (C=O) groups is 1. The molecule has 0 saturated carbocycles. The molecule has 1 aliphatic heterocycles. The Hall–Kier alpha value is -2.17. The average molecular weight is 480 g/mol. The van der Waals surface area contributed by atoms with Gasteiger partial charge in [-0.1, -0.05) is 29.8 Å². The number of hydrogen-bond acceptors (Lipinski definition) is 4. The van der Waals surface area contributed by atoms with E-state index in [4.69, 9.17) is 16.3 Å². The number of carbonyl (C=O) groups excluding carboxylic acids is 1. The fraction of sp³-hybridized carbons (Fsp3) is 0.350. The first-order valence-corrected chi connectivity index (χ1v) is 11.1. The predicted molar refractivity (Wildman–Crippen MR) is 104 cm³/mol. The lowest BCUT2D eigenvalue weighted by Gasteiger charge is -2.30. The quantitative estimate of drug-likeness (QED) is 0.463. The highest BCUT2D eigenvalue weighted by atomic mass is 35.5. The van der Waals surface area contributed by atoms with Gasteiger partial charge in [0.15, 0.2) is 0 Å². The maximum atomic E-state index is 13.6. The first-order chi connectivity index (χ1) is 14.5. The smallest absolute Gasteiger partial charge is 0.417 e. The zero-order valence-electron chi connectivity index (χ0n) is 16.0. The van der Waals surface area contributed by atoms with Gasteiger partial charge in [-0.3, -0.25) is 4.79 Å². The number of esters is 1. The van der Waals surface area contributed by atoms with E-state index in [2.05, 4.69) is 0 Å². The molecule has 31 heavy (non-hydrogen) atoms. The number of halogens is 5. The summed E-state index contributed by atoms with van der Waals surface area (Å²) in [6, 6.07) is 8.26. The second-order valence-corrected chi connectivity index (χ2v) is 9.36. The minimum atomic E-state index is -4.79. The van der Waals surface area contributed by atoms with Crippen molar-refractivity contribution in [2.24, 2.45) is 5.92 Å². The summed E-state index contributed by atoms with van der Waals surface area (Å²) >= 11 is 5.55. The summed E-state index contributed by atoms with van der Waals surface area (Å²) in [6.07, 6.45) is -4.53. The van der Waals surface area contributed by atoms with Crippen molar-refractivity contribution in [1.29, 1.82) is 0 Å². The molecular formula is C20H18ClF4NO4S. The third-order valence-corrected chi connectivity index (χ3v) is 7.22. The standard InChI is InChI=1S/C20H18ClF4NO4S/c21-17-6-5-15(11-16(17)20(23,24)25)31(28,29)26-9-7-13(8-10-26)19(27)30-12-14-3-1-2-4-18(14)22/h1-6,11,13H,7-10,12H2. The minimum absolute atomic E-state index is 0.0637. The summed E-state index contributed by atoms with van der Waals surface area (Å²) in [5, 5.41) is -0.595. The van der Waals surface area contributed by atoms with E-state index in [0.717, 1.165) is 16.4 Å². The fourth-order valence-electron chi connectivity index (χ4n) is 3.25. The molecule has 1 saturated heterocycles. The number of rotatable bonds is 5. The number of alkyl halides is 3. The Morgan fingerprint density at radius 3 is 2.39 bits per heavy atom. The first kappa shape index (κ1) is 23.5. The second kappa shape index (κ2) is 9.13. The first-order valence-electron chi connectivity index (χ1n) is 9.27. The highest BCUT2D eigenvalue weighted by Crippen LogP contribution is 2.36. The van der Waals surface area contributed by atoms with Crippen molar-refractivity contribution in [3.8, 4) is 0 Å². The van der Waals surface area contributed by atoms with Crippen LogP contribution in [-0.4, -0.2) is 31.8 Å². The van der Waals surface area contributed by atoms with Gasteiger partial charge in [-0.25, -0.2) is 12.8 Å². The van der Waals surface area contributed by atoms with Gasteiger partial charge in [-0.15, -0.1) is 0 Å². The molecule has 1 heterocycles. The zero-order chi connectivity index (χ0) is 22.8. The van der Waals surface area contributed by atoms with Crippen LogP contribution in [-0.2, 0) is 32.3 Å². The summed E-state index contributed by atoms with van der Waals surface area (Å²) in [5.74, 6) is -1.67. The van der Waals surface area contributed by atoms with Crippen LogP contribution in [0.15, 0.2) is 47.4 Å². The fourth-order valence-corrected chi connectivity index (χ4v) is 4.97. The number of sulfonamides is 1. The number of hydrogen-bond donors (Lipinski definition) is 0. The number of ether oxygens (including phenoxy) is 1. The molecule has 168 valence electrons. The van der Waals surface area contributed by atoms with Gasteiger partial charge in [0, 0.05) is 18.7 Å². The topological polar surface area (TPSA) is 63.7 Å². The highest BCUT2D eigenvalue weighted by molar-refractivity contribution is 7.89. The number of piperidine rings is 1. The van der Waals surface area contributed by atoms with Crippen molar-refractivity contribution in [1.82, 2.24) is 4.31 Å². The van der Waals surface area contributed by atoms with Crippen LogP contribution in [0.4, 0.5) is 17.6 Å². The molecule has 5 nitrogen and oxygen atoms in total. The molecule has 0 aliphatic carbocycles. The van der Waals surface area contributed by atoms with Crippen LogP contribution in [0.1, 0.15) is 24.0 Å². The lowest BCUT2D eigenvalue weighted by molar-refractivity contribution is -0.151. The molecule has 0 bridgehead atoms. The average Bonchev–Trinajstić information content (AvgIpc) is 2.72. The van der Waals surface area contributed by atoms with E-state index in [1.807, 2.05) is 0 Å². The Bertz CT molecular complexity index is 1070. The summed E-state index contributed by atoms with van der Waals surface area (Å²) in [4.78, 5) is 11.7.